The van der Waals surface area contributed by atoms with E-state index in [1.165, 1.54) is 11.5 Å². The van der Waals surface area contributed by atoms with Gasteiger partial charge in [-0.15, -0.1) is 0 Å². The summed E-state index contributed by atoms with van der Waals surface area (Å²) in [6.45, 7) is 5.23. The minimum Gasteiger partial charge on any atom is -0.497 e. The maximum Gasteiger partial charge on any atom is 0.298 e. The third-order valence-corrected chi connectivity index (χ3v) is 6.15. The topological polar surface area (TPSA) is 85.8 Å². The summed E-state index contributed by atoms with van der Waals surface area (Å²) < 4.78 is 20.8. The van der Waals surface area contributed by atoms with Gasteiger partial charge in [0.25, 0.3) is 5.19 Å². The van der Waals surface area contributed by atoms with Crippen molar-refractivity contribution in [3.05, 3.63) is 65.5 Å². The molecule has 1 amide bonds. The molecule has 3 aromatic rings. The Morgan fingerprint density at radius 2 is 1.94 bits per heavy atom. The van der Waals surface area contributed by atoms with Crippen LogP contribution in [0.25, 0.3) is 0 Å². The number of morpholine rings is 1. The lowest BCUT2D eigenvalue weighted by molar-refractivity contribution is -0.120. The minimum absolute atomic E-state index is 0.0296. The molecule has 1 aliphatic heterocycles. The number of nitrogens with zero attached hydrogens (tertiary/aromatic N) is 3. The molecule has 2 heterocycles. The third kappa shape index (κ3) is 7.51. The van der Waals surface area contributed by atoms with Crippen molar-refractivity contribution in [1.82, 2.24) is 19.6 Å². The molecule has 8 nitrogen and oxygen atoms in total. The zero-order valence-electron chi connectivity index (χ0n) is 19.4. The Labute approximate surface area is 204 Å². The molecular formula is C25H30N4O4S. The molecule has 0 spiro atoms. The largest absolute Gasteiger partial charge is 0.497 e. The van der Waals surface area contributed by atoms with Crippen molar-refractivity contribution >= 4 is 17.4 Å². The molecular weight excluding hydrogens is 452 g/mol. The zero-order chi connectivity index (χ0) is 23.6. The number of carbonyl (C=O) groups is 1. The lowest BCUT2D eigenvalue weighted by atomic mass is 10.1. The molecule has 9 heteroatoms. The van der Waals surface area contributed by atoms with E-state index < -0.39 is 0 Å². The van der Waals surface area contributed by atoms with Gasteiger partial charge in [0.05, 0.1) is 26.7 Å². The smallest absolute Gasteiger partial charge is 0.298 e. The van der Waals surface area contributed by atoms with E-state index in [1.807, 2.05) is 48.5 Å². The van der Waals surface area contributed by atoms with Gasteiger partial charge in [-0.2, -0.15) is 9.36 Å². The fourth-order valence-electron chi connectivity index (χ4n) is 3.70. The monoisotopic (exact) mass is 482 g/mol. The van der Waals surface area contributed by atoms with Crippen LogP contribution in [-0.2, 0) is 22.4 Å². The molecule has 0 aliphatic carbocycles. The Balaban J connectivity index is 1.19. The fraction of sp³-hybridized carbons (Fsp3) is 0.400. The zero-order valence-corrected chi connectivity index (χ0v) is 20.2. The van der Waals surface area contributed by atoms with Crippen molar-refractivity contribution in [2.24, 2.45) is 0 Å². The van der Waals surface area contributed by atoms with Crippen LogP contribution in [0.15, 0.2) is 48.5 Å². The maximum absolute atomic E-state index is 12.2. The highest BCUT2D eigenvalue weighted by Crippen LogP contribution is 2.25. The molecule has 2 aromatic carbocycles. The molecule has 1 fully saturated rings. The van der Waals surface area contributed by atoms with Crippen LogP contribution < -0.4 is 14.8 Å². The normalized spacial score (nSPS) is 14.0. The van der Waals surface area contributed by atoms with Crippen molar-refractivity contribution in [2.75, 3.05) is 46.5 Å². The predicted octanol–water partition coefficient (Wildman–Crippen LogP) is 3.31. The van der Waals surface area contributed by atoms with Gasteiger partial charge in [0, 0.05) is 37.6 Å². The van der Waals surface area contributed by atoms with Gasteiger partial charge in [-0.05, 0) is 48.4 Å². The molecule has 0 bridgehead atoms. The highest BCUT2D eigenvalue weighted by molar-refractivity contribution is 7.07. The lowest BCUT2D eigenvalue weighted by Gasteiger charge is -2.26. The van der Waals surface area contributed by atoms with Gasteiger partial charge in [0.1, 0.15) is 11.5 Å². The Bertz CT molecular complexity index is 1050. The second kappa shape index (κ2) is 12.5. The number of ether oxygens (including phenoxy) is 3. The first kappa shape index (κ1) is 24.1. The Kier molecular flexibility index (Phi) is 8.84. The fourth-order valence-corrected chi connectivity index (χ4v) is 4.26. The lowest BCUT2D eigenvalue weighted by Crippen LogP contribution is -2.38. The molecule has 1 saturated heterocycles. The number of benzene rings is 2. The van der Waals surface area contributed by atoms with Crippen LogP contribution in [0, 0.1) is 0 Å². The van der Waals surface area contributed by atoms with Gasteiger partial charge in [0.2, 0.25) is 5.91 Å². The summed E-state index contributed by atoms with van der Waals surface area (Å²) in [6.07, 6.45) is 1.90. The molecule has 1 aliphatic rings. The summed E-state index contributed by atoms with van der Waals surface area (Å²) in [6, 6.07) is 15.4. The Morgan fingerprint density at radius 1 is 1.12 bits per heavy atom. The molecule has 0 radical (unpaired) electrons. The number of carbonyl (C=O) groups excluding carboxylic acids is 1. The van der Waals surface area contributed by atoms with Gasteiger partial charge in [-0.3, -0.25) is 9.69 Å². The van der Waals surface area contributed by atoms with E-state index in [0.29, 0.717) is 36.2 Å². The minimum atomic E-state index is 0.0296. The number of rotatable bonds is 11. The van der Waals surface area contributed by atoms with Crippen molar-refractivity contribution in [1.29, 1.82) is 0 Å². The van der Waals surface area contributed by atoms with Crippen LogP contribution in [0.4, 0.5) is 0 Å². The van der Waals surface area contributed by atoms with Gasteiger partial charge >= 0.3 is 0 Å². The molecule has 4 rings (SSSR count). The number of hydrogen-bond acceptors (Lipinski definition) is 8. The van der Waals surface area contributed by atoms with Crippen molar-refractivity contribution in [3.8, 4) is 16.7 Å². The molecule has 0 unspecified atom stereocenters. The average molecular weight is 483 g/mol. The SMILES string of the molecule is COc1cccc(Cc2nsc(Oc3ccc(CC(=O)NCCCN4CCOCC4)cc3)n2)c1. The highest BCUT2D eigenvalue weighted by Gasteiger charge is 2.11. The first-order valence-electron chi connectivity index (χ1n) is 11.5. The quantitative estimate of drug-likeness (QED) is 0.420. The van der Waals surface area contributed by atoms with E-state index >= 15 is 0 Å². The average Bonchev–Trinajstić information content (AvgIpc) is 3.30. The second-order valence-electron chi connectivity index (χ2n) is 8.09. The maximum atomic E-state index is 12.2. The Morgan fingerprint density at radius 3 is 2.74 bits per heavy atom. The number of amides is 1. The number of methoxy groups -OCH3 is 1. The second-order valence-corrected chi connectivity index (χ2v) is 8.80. The number of aromatic nitrogens is 2. The summed E-state index contributed by atoms with van der Waals surface area (Å²) in [5.74, 6) is 2.21. The summed E-state index contributed by atoms with van der Waals surface area (Å²) in [5, 5.41) is 3.49. The predicted molar refractivity (Wildman–Crippen MR) is 131 cm³/mol. The molecule has 180 valence electrons. The van der Waals surface area contributed by atoms with Crippen LogP contribution >= 0.6 is 11.5 Å². The molecule has 1 N–H and O–H groups in total. The van der Waals surface area contributed by atoms with Crippen LogP contribution in [0.5, 0.6) is 16.7 Å². The van der Waals surface area contributed by atoms with E-state index in [4.69, 9.17) is 14.2 Å². The van der Waals surface area contributed by atoms with Gasteiger partial charge < -0.3 is 19.5 Å². The van der Waals surface area contributed by atoms with E-state index in [1.54, 1.807) is 7.11 Å². The summed E-state index contributed by atoms with van der Waals surface area (Å²) in [4.78, 5) is 19.1. The first-order valence-corrected chi connectivity index (χ1v) is 12.2. The standard InChI is InChI=1S/C25H30N4O4S/c1-31-22-5-2-4-20(16-22)17-23-27-25(34-28-23)33-21-8-6-19(7-9-21)18-24(30)26-10-3-11-29-12-14-32-15-13-29/h2,4-9,16H,3,10-15,17-18H2,1H3,(H,26,30). The third-order valence-electron chi connectivity index (χ3n) is 5.52. The van der Waals surface area contributed by atoms with Gasteiger partial charge in [-0.25, -0.2) is 0 Å². The van der Waals surface area contributed by atoms with Gasteiger partial charge in [-0.1, -0.05) is 24.3 Å². The van der Waals surface area contributed by atoms with E-state index in [2.05, 4.69) is 19.6 Å². The highest BCUT2D eigenvalue weighted by atomic mass is 32.1. The van der Waals surface area contributed by atoms with Crippen molar-refractivity contribution < 1.29 is 19.0 Å². The summed E-state index contributed by atoms with van der Waals surface area (Å²) in [5.41, 5.74) is 2.02. The van der Waals surface area contributed by atoms with Crippen LogP contribution in [0.3, 0.4) is 0 Å². The number of hydrogen-bond donors (Lipinski definition) is 1. The van der Waals surface area contributed by atoms with E-state index in [9.17, 15) is 4.79 Å². The van der Waals surface area contributed by atoms with Crippen molar-refractivity contribution in [3.63, 3.8) is 0 Å². The number of nitrogens with one attached hydrogen (secondary N) is 1. The van der Waals surface area contributed by atoms with Crippen LogP contribution in [0.2, 0.25) is 0 Å². The van der Waals surface area contributed by atoms with Crippen LogP contribution in [0.1, 0.15) is 23.4 Å². The summed E-state index contributed by atoms with van der Waals surface area (Å²) in [7, 11) is 1.65. The first-order chi connectivity index (χ1) is 16.7. The van der Waals surface area contributed by atoms with Crippen LogP contribution in [-0.4, -0.2) is 66.7 Å². The molecule has 0 atom stereocenters. The summed E-state index contributed by atoms with van der Waals surface area (Å²) >= 11 is 1.22. The van der Waals surface area contributed by atoms with E-state index in [0.717, 1.165) is 56.1 Å². The molecule has 34 heavy (non-hydrogen) atoms. The Hall–Kier alpha value is -3.01. The van der Waals surface area contributed by atoms with E-state index in [-0.39, 0.29) is 5.91 Å². The molecule has 0 saturated carbocycles. The van der Waals surface area contributed by atoms with Crippen molar-refractivity contribution in [2.45, 2.75) is 19.3 Å². The van der Waals surface area contributed by atoms with Gasteiger partial charge in [0.15, 0.2) is 5.82 Å². The molecule has 1 aromatic heterocycles.